The van der Waals surface area contributed by atoms with Gasteiger partial charge in [0.1, 0.15) is 23.5 Å². The SMILES string of the molecule is CCCCOc1cccc(-c2cn(C3CC(CN)C3)c3ncnc(N)c23)c1. The number of ether oxygens (including phenoxy) is 1. The fourth-order valence-corrected chi connectivity index (χ4v) is 3.81. The van der Waals surface area contributed by atoms with Crippen LogP contribution in [-0.2, 0) is 0 Å². The molecule has 1 saturated carbocycles. The molecule has 2 aromatic heterocycles. The van der Waals surface area contributed by atoms with Gasteiger partial charge in [-0.3, -0.25) is 0 Å². The van der Waals surface area contributed by atoms with Crippen LogP contribution in [0.4, 0.5) is 5.82 Å². The summed E-state index contributed by atoms with van der Waals surface area (Å²) in [4.78, 5) is 8.76. The van der Waals surface area contributed by atoms with Gasteiger partial charge in [0.05, 0.1) is 12.0 Å². The zero-order valence-corrected chi connectivity index (χ0v) is 15.8. The van der Waals surface area contributed by atoms with Crippen molar-refractivity contribution in [2.45, 2.75) is 38.6 Å². The Balaban J connectivity index is 1.73. The van der Waals surface area contributed by atoms with Crippen LogP contribution in [-0.4, -0.2) is 27.7 Å². The Morgan fingerprint density at radius 2 is 2.11 bits per heavy atom. The highest BCUT2D eigenvalue weighted by atomic mass is 16.5. The molecule has 0 radical (unpaired) electrons. The van der Waals surface area contributed by atoms with Crippen molar-refractivity contribution in [1.29, 1.82) is 0 Å². The Morgan fingerprint density at radius 1 is 1.26 bits per heavy atom. The molecule has 6 nitrogen and oxygen atoms in total. The summed E-state index contributed by atoms with van der Waals surface area (Å²) in [6, 6.07) is 8.60. The molecule has 6 heteroatoms. The Morgan fingerprint density at radius 3 is 2.89 bits per heavy atom. The average Bonchev–Trinajstić information content (AvgIpc) is 3.02. The van der Waals surface area contributed by atoms with Crippen molar-refractivity contribution in [3.8, 4) is 16.9 Å². The fraction of sp³-hybridized carbons (Fsp3) is 0.429. The number of rotatable bonds is 7. The zero-order chi connectivity index (χ0) is 18.8. The summed E-state index contributed by atoms with van der Waals surface area (Å²) in [7, 11) is 0. The molecule has 1 aliphatic rings. The summed E-state index contributed by atoms with van der Waals surface area (Å²) in [5.74, 6) is 2.00. The van der Waals surface area contributed by atoms with Crippen molar-refractivity contribution < 1.29 is 4.74 Å². The minimum Gasteiger partial charge on any atom is -0.494 e. The van der Waals surface area contributed by atoms with E-state index in [1.807, 2.05) is 12.1 Å². The molecule has 0 bridgehead atoms. The van der Waals surface area contributed by atoms with E-state index in [-0.39, 0.29) is 0 Å². The Labute approximate surface area is 159 Å². The van der Waals surface area contributed by atoms with E-state index in [0.717, 1.165) is 66.7 Å². The first-order valence-corrected chi connectivity index (χ1v) is 9.75. The lowest BCUT2D eigenvalue weighted by atomic mass is 9.80. The summed E-state index contributed by atoms with van der Waals surface area (Å²) in [6.07, 6.45) is 8.05. The van der Waals surface area contributed by atoms with E-state index in [1.54, 1.807) is 6.33 Å². The van der Waals surface area contributed by atoms with Gasteiger partial charge < -0.3 is 20.8 Å². The van der Waals surface area contributed by atoms with E-state index in [4.69, 9.17) is 16.2 Å². The smallest absolute Gasteiger partial charge is 0.146 e. The maximum atomic E-state index is 6.24. The first-order chi connectivity index (χ1) is 13.2. The lowest BCUT2D eigenvalue weighted by molar-refractivity contribution is 0.209. The van der Waals surface area contributed by atoms with Crippen LogP contribution in [0.25, 0.3) is 22.2 Å². The normalized spacial score (nSPS) is 19.2. The van der Waals surface area contributed by atoms with E-state index < -0.39 is 0 Å². The van der Waals surface area contributed by atoms with Gasteiger partial charge in [0.25, 0.3) is 0 Å². The molecule has 27 heavy (non-hydrogen) atoms. The molecule has 142 valence electrons. The number of hydrogen-bond donors (Lipinski definition) is 2. The van der Waals surface area contributed by atoms with Gasteiger partial charge in [-0.05, 0) is 49.4 Å². The van der Waals surface area contributed by atoms with Gasteiger partial charge in [0.15, 0.2) is 0 Å². The Bertz CT molecular complexity index is 929. The Kier molecular flexibility index (Phi) is 4.99. The van der Waals surface area contributed by atoms with Crippen molar-refractivity contribution in [3.05, 3.63) is 36.8 Å². The van der Waals surface area contributed by atoms with Crippen LogP contribution in [0.2, 0.25) is 0 Å². The molecule has 1 aliphatic carbocycles. The van der Waals surface area contributed by atoms with Gasteiger partial charge in [-0.1, -0.05) is 25.5 Å². The number of hydrogen-bond acceptors (Lipinski definition) is 5. The van der Waals surface area contributed by atoms with Crippen LogP contribution in [0.5, 0.6) is 5.75 Å². The van der Waals surface area contributed by atoms with Gasteiger partial charge in [0.2, 0.25) is 0 Å². The number of nitrogens with zero attached hydrogens (tertiary/aromatic N) is 3. The van der Waals surface area contributed by atoms with Crippen LogP contribution >= 0.6 is 0 Å². The molecule has 4 rings (SSSR count). The van der Waals surface area contributed by atoms with E-state index in [0.29, 0.717) is 17.8 Å². The molecule has 0 atom stereocenters. The molecule has 0 amide bonds. The lowest BCUT2D eigenvalue weighted by Gasteiger charge is -2.35. The zero-order valence-electron chi connectivity index (χ0n) is 15.8. The lowest BCUT2D eigenvalue weighted by Crippen LogP contribution is -2.31. The molecule has 3 aromatic rings. The maximum Gasteiger partial charge on any atom is 0.146 e. The number of nitrogens with two attached hydrogens (primary N) is 2. The van der Waals surface area contributed by atoms with Gasteiger partial charge in [-0.2, -0.15) is 0 Å². The van der Waals surface area contributed by atoms with E-state index in [1.165, 1.54) is 0 Å². The highest BCUT2D eigenvalue weighted by Gasteiger charge is 2.31. The molecule has 0 saturated heterocycles. The van der Waals surface area contributed by atoms with E-state index in [2.05, 4.69) is 39.8 Å². The summed E-state index contributed by atoms with van der Waals surface area (Å²) >= 11 is 0. The minimum absolute atomic E-state index is 0.424. The number of nitrogen functional groups attached to an aromatic ring is 1. The number of benzene rings is 1. The molecule has 2 heterocycles. The van der Waals surface area contributed by atoms with Gasteiger partial charge in [0, 0.05) is 17.8 Å². The first kappa shape index (κ1) is 17.8. The number of anilines is 1. The summed E-state index contributed by atoms with van der Waals surface area (Å²) < 4.78 is 8.13. The third-order valence-corrected chi connectivity index (χ3v) is 5.49. The summed E-state index contributed by atoms with van der Waals surface area (Å²) in [5.41, 5.74) is 15.1. The van der Waals surface area contributed by atoms with Crippen molar-refractivity contribution in [3.63, 3.8) is 0 Å². The third kappa shape index (κ3) is 3.37. The molecule has 0 unspecified atom stereocenters. The van der Waals surface area contributed by atoms with Crippen LogP contribution in [0.3, 0.4) is 0 Å². The Hall–Kier alpha value is -2.60. The average molecular weight is 365 g/mol. The molecule has 0 aliphatic heterocycles. The monoisotopic (exact) mass is 365 g/mol. The quantitative estimate of drug-likeness (QED) is 0.622. The van der Waals surface area contributed by atoms with Crippen LogP contribution < -0.4 is 16.2 Å². The van der Waals surface area contributed by atoms with Gasteiger partial charge >= 0.3 is 0 Å². The van der Waals surface area contributed by atoms with Crippen molar-refractivity contribution in [2.24, 2.45) is 11.7 Å². The predicted molar refractivity (Wildman–Crippen MR) is 109 cm³/mol. The minimum atomic E-state index is 0.424. The second-order valence-electron chi connectivity index (χ2n) is 7.36. The summed E-state index contributed by atoms with van der Waals surface area (Å²) in [5, 5.41) is 0.916. The van der Waals surface area contributed by atoms with E-state index in [9.17, 15) is 0 Å². The predicted octanol–water partition coefficient (Wildman–Crippen LogP) is 3.77. The third-order valence-electron chi connectivity index (χ3n) is 5.49. The molecular weight excluding hydrogens is 338 g/mol. The molecule has 1 aromatic carbocycles. The van der Waals surface area contributed by atoms with Crippen LogP contribution in [0.1, 0.15) is 38.6 Å². The summed E-state index contributed by atoms with van der Waals surface area (Å²) in [6.45, 7) is 3.64. The highest BCUT2D eigenvalue weighted by Crippen LogP contribution is 2.42. The highest BCUT2D eigenvalue weighted by molar-refractivity contribution is 6.00. The maximum absolute atomic E-state index is 6.24. The van der Waals surface area contributed by atoms with E-state index >= 15 is 0 Å². The largest absolute Gasteiger partial charge is 0.494 e. The number of fused-ring (bicyclic) bond motifs is 1. The van der Waals surface area contributed by atoms with Crippen LogP contribution in [0.15, 0.2) is 36.8 Å². The topological polar surface area (TPSA) is 92.0 Å². The number of aromatic nitrogens is 3. The first-order valence-electron chi connectivity index (χ1n) is 9.75. The molecular formula is C21H27N5O. The fourth-order valence-electron chi connectivity index (χ4n) is 3.81. The van der Waals surface area contributed by atoms with Crippen LogP contribution in [0, 0.1) is 5.92 Å². The number of unbranched alkanes of at least 4 members (excludes halogenated alkanes) is 1. The molecule has 4 N–H and O–H groups in total. The molecule has 0 spiro atoms. The van der Waals surface area contributed by atoms with Crippen molar-refractivity contribution >= 4 is 16.9 Å². The van der Waals surface area contributed by atoms with Gasteiger partial charge in [-0.25, -0.2) is 9.97 Å². The standard InChI is InChI=1S/C21H27N5O/c1-2-3-7-27-17-6-4-5-15(10-17)18-12-26(16-8-14(9-16)11-22)21-19(18)20(23)24-13-25-21/h4-6,10,12-14,16H,2-3,7-9,11,22H2,1H3,(H2,23,24,25). The second kappa shape index (κ2) is 7.56. The van der Waals surface area contributed by atoms with Crippen molar-refractivity contribution in [2.75, 3.05) is 18.9 Å². The molecule has 1 fully saturated rings. The van der Waals surface area contributed by atoms with Gasteiger partial charge in [-0.15, -0.1) is 0 Å². The van der Waals surface area contributed by atoms with Crippen molar-refractivity contribution in [1.82, 2.24) is 14.5 Å². The second-order valence-corrected chi connectivity index (χ2v) is 7.36.